The maximum atomic E-state index is 12.3. The molecule has 0 saturated carbocycles. The first-order chi connectivity index (χ1) is 11.8. The van der Waals surface area contributed by atoms with Crippen LogP contribution in [-0.2, 0) is 14.8 Å². The van der Waals surface area contributed by atoms with E-state index in [9.17, 15) is 18.0 Å². The topological polar surface area (TPSA) is 122 Å². The van der Waals surface area contributed by atoms with Crippen LogP contribution in [0, 0.1) is 0 Å². The van der Waals surface area contributed by atoms with Crippen LogP contribution in [0.2, 0.25) is 5.02 Å². The third-order valence-electron chi connectivity index (χ3n) is 3.95. The maximum absolute atomic E-state index is 12.3. The van der Waals surface area contributed by atoms with E-state index in [0.717, 1.165) is 0 Å². The first-order valence-corrected chi connectivity index (χ1v) is 9.72. The largest absolute Gasteiger partial charge is 0.351 e. The highest BCUT2D eigenvalue weighted by Gasteiger charge is 2.24. The highest BCUT2D eigenvalue weighted by molar-refractivity contribution is 7.89. The Balaban J connectivity index is 1.79. The summed E-state index contributed by atoms with van der Waals surface area (Å²) >= 11 is 5.77. The van der Waals surface area contributed by atoms with E-state index >= 15 is 0 Å². The van der Waals surface area contributed by atoms with Gasteiger partial charge >= 0.3 is 6.03 Å². The second kappa shape index (κ2) is 8.61. The molecule has 2 rings (SSSR count). The van der Waals surface area contributed by atoms with Crippen molar-refractivity contribution in [3.63, 3.8) is 0 Å². The van der Waals surface area contributed by atoms with Crippen molar-refractivity contribution in [3.05, 3.63) is 29.3 Å². The molecule has 1 aromatic rings. The molecule has 10 heteroatoms. The molecule has 138 valence electrons. The van der Waals surface area contributed by atoms with Gasteiger partial charge in [0, 0.05) is 24.0 Å². The summed E-state index contributed by atoms with van der Waals surface area (Å²) in [5.41, 5.74) is 4.88. The van der Waals surface area contributed by atoms with E-state index < -0.39 is 22.0 Å². The number of amides is 3. The predicted molar refractivity (Wildman–Crippen MR) is 93.6 cm³/mol. The number of halogens is 1. The number of carbonyl (C=O) groups excluding carboxylic acids is 2. The molecule has 0 radical (unpaired) electrons. The Kier molecular flexibility index (Phi) is 6.77. The first-order valence-electron chi connectivity index (χ1n) is 7.86. The molecule has 4 N–H and O–H groups in total. The molecule has 0 unspecified atom stereocenters. The summed E-state index contributed by atoms with van der Waals surface area (Å²) in [6.45, 7) is 1.82. The number of nitrogens with zero attached hydrogens (tertiary/aromatic N) is 1. The average Bonchev–Trinajstić information content (AvgIpc) is 2.53. The molecule has 3 amide bonds. The number of carbonyl (C=O) groups is 2. The van der Waals surface area contributed by atoms with Gasteiger partial charge in [-0.2, -0.15) is 0 Å². The van der Waals surface area contributed by atoms with E-state index in [1.54, 1.807) is 0 Å². The lowest BCUT2D eigenvalue weighted by atomic mass is 10.1. The number of piperidine rings is 1. The van der Waals surface area contributed by atoms with Crippen molar-refractivity contribution >= 4 is 33.6 Å². The fraction of sp³-hybridized carbons (Fsp3) is 0.467. The molecule has 1 aliphatic rings. The lowest BCUT2D eigenvalue weighted by Gasteiger charge is -2.32. The highest BCUT2D eigenvalue weighted by atomic mass is 35.5. The number of hydrogen-bond acceptors (Lipinski definition) is 5. The molecule has 1 fully saturated rings. The minimum Gasteiger partial charge on any atom is -0.351 e. The second-order valence-electron chi connectivity index (χ2n) is 5.85. The van der Waals surface area contributed by atoms with Gasteiger partial charge in [0.2, 0.25) is 15.9 Å². The molecule has 25 heavy (non-hydrogen) atoms. The molecule has 0 bridgehead atoms. The van der Waals surface area contributed by atoms with Gasteiger partial charge in [-0.15, -0.1) is 0 Å². The Morgan fingerprint density at radius 3 is 2.36 bits per heavy atom. The van der Waals surface area contributed by atoms with Crippen LogP contribution >= 0.6 is 11.6 Å². The lowest BCUT2D eigenvalue weighted by molar-refractivity contribution is -0.120. The quantitative estimate of drug-likeness (QED) is 0.661. The highest BCUT2D eigenvalue weighted by Crippen LogP contribution is 2.17. The summed E-state index contributed by atoms with van der Waals surface area (Å²) in [6.07, 6.45) is 1.46. The van der Waals surface area contributed by atoms with Gasteiger partial charge in [-0.05, 0) is 50.2 Å². The molecule has 0 atom stereocenters. The number of sulfonamides is 1. The Labute approximate surface area is 151 Å². The van der Waals surface area contributed by atoms with Gasteiger partial charge in [-0.25, -0.2) is 17.9 Å². The third-order valence-corrected chi connectivity index (χ3v) is 5.74. The Morgan fingerprint density at radius 2 is 1.80 bits per heavy atom. The van der Waals surface area contributed by atoms with Crippen molar-refractivity contribution in [2.75, 3.05) is 19.6 Å². The standard InChI is InChI=1S/C15H21ClN4O4S/c16-11-1-3-13(4-2-11)25(23,24)19-12-5-8-20(9-6-12)10-7-14(21)18-15(17)22/h1-4,12,19H,5-10H2,(H3,17,18,21,22). The van der Waals surface area contributed by atoms with Crippen molar-refractivity contribution < 1.29 is 18.0 Å². The van der Waals surface area contributed by atoms with Crippen LogP contribution < -0.4 is 15.8 Å². The van der Waals surface area contributed by atoms with Crippen molar-refractivity contribution in [2.45, 2.75) is 30.2 Å². The van der Waals surface area contributed by atoms with Gasteiger partial charge in [0.05, 0.1) is 4.90 Å². The molecule has 1 saturated heterocycles. The number of hydrogen-bond donors (Lipinski definition) is 3. The monoisotopic (exact) mass is 388 g/mol. The van der Waals surface area contributed by atoms with Crippen LogP contribution in [-0.4, -0.2) is 50.9 Å². The van der Waals surface area contributed by atoms with Gasteiger partial charge in [0.15, 0.2) is 0 Å². The van der Waals surface area contributed by atoms with Crippen LogP contribution in [0.4, 0.5) is 4.79 Å². The summed E-state index contributed by atoms with van der Waals surface area (Å²) in [6, 6.07) is 5.00. The normalized spacial score (nSPS) is 16.5. The summed E-state index contributed by atoms with van der Waals surface area (Å²) in [5, 5.41) is 2.50. The number of benzene rings is 1. The SMILES string of the molecule is NC(=O)NC(=O)CCN1CCC(NS(=O)(=O)c2ccc(Cl)cc2)CC1. The van der Waals surface area contributed by atoms with Crippen LogP contribution in [0.1, 0.15) is 19.3 Å². The van der Waals surface area contributed by atoms with Crippen molar-refractivity contribution in [3.8, 4) is 0 Å². The third kappa shape index (κ3) is 6.28. The van der Waals surface area contributed by atoms with Crippen LogP contribution in [0.5, 0.6) is 0 Å². The molecule has 8 nitrogen and oxygen atoms in total. The molecular formula is C15H21ClN4O4S. The molecule has 1 aromatic carbocycles. The molecule has 0 aromatic heterocycles. The van der Waals surface area contributed by atoms with Crippen molar-refractivity contribution in [2.24, 2.45) is 5.73 Å². The fourth-order valence-electron chi connectivity index (χ4n) is 2.64. The zero-order valence-corrected chi connectivity index (χ0v) is 15.1. The second-order valence-corrected chi connectivity index (χ2v) is 8.00. The van der Waals surface area contributed by atoms with Crippen molar-refractivity contribution in [1.82, 2.24) is 14.9 Å². The zero-order valence-electron chi connectivity index (χ0n) is 13.6. The first kappa shape index (κ1) is 19.6. The summed E-state index contributed by atoms with van der Waals surface area (Å²) < 4.78 is 27.4. The van der Waals surface area contributed by atoms with E-state index in [4.69, 9.17) is 17.3 Å². The summed E-state index contributed by atoms with van der Waals surface area (Å²) in [4.78, 5) is 24.2. The molecule has 0 spiro atoms. The summed E-state index contributed by atoms with van der Waals surface area (Å²) in [7, 11) is -3.58. The molecule has 0 aliphatic carbocycles. The zero-order chi connectivity index (χ0) is 18.4. The van der Waals surface area contributed by atoms with E-state index in [2.05, 4.69) is 4.72 Å². The average molecular weight is 389 g/mol. The van der Waals surface area contributed by atoms with Gasteiger partial charge in [-0.3, -0.25) is 10.1 Å². The Bertz CT molecular complexity index is 716. The maximum Gasteiger partial charge on any atom is 0.318 e. The smallest absolute Gasteiger partial charge is 0.318 e. The molecular weight excluding hydrogens is 368 g/mol. The predicted octanol–water partition coefficient (Wildman–Crippen LogP) is 0.668. The van der Waals surface area contributed by atoms with Gasteiger partial charge in [0.25, 0.3) is 0 Å². The number of imide groups is 1. The number of primary amides is 1. The minimum absolute atomic E-state index is 0.156. The van der Waals surface area contributed by atoms with Gasteiger partial charge in [0.1, 0.15) is 0 Å². The molecule has 1 heterocycles. The van der Waals surface area contributed by atoms with Crippen molar-refractivity contribution in [1.29, 1.82) is 0 Å². The minimum atomic E-state index is -3.58. The van der Waals surface area contributed by atoms with Crippen LogP contribution in [0.25, 0.3) is 0 Å². The van der Waals surface area contributed by atoms with Gasteiger partial charge in [-0.1, -0.05) is 11.6 Å². The number of nitrogens with one attached hydrogen (secondary N) is 2. The van der Waals surface area contributed by atoms with E-state index in [-0.39, 0.29) is 17.4 Å². The fourth-order valence-corrected chi connectivity index (χ4v) is 4.07. The van der Waals surface area contributed by atoms with Crippen LogP contribution in [0.3, 0.4) is 0 Å². The van der Waals surface area contributed by atoms with Gasteiger partial charge < -0.3 is 10.6 Å². The Morgan fingerprint density at radius 1 is 1.20 bits per heavy atom. The number of urea groups is 1. The number of nitrogens with two attached hydrogens (primary N) is 1. The number of likely N-dealkylation sites (tertiary alicyclic amines) is 1. The lowest BCUT2D eigenvalue weighted by Crippen LogP contribution is -2.45. The molecule has 1 aliphatic heterocycles. The van der Waals surface area contributed by atoms with E-state index in [1.165, 1.54) is 24.3 Å². The summed E-state index contributed by atoms with van der Waals surface area (Å²) in [5.74, 6) is -0.418. The number of rotatable bonds is 6. The van der Waals surface area contributed by atoms with E-state index in [1.807, 2.05) is 10.2 Å². The van der Waals surface area contributed by atoms with E-state index in [0.29, 0.717) is 37.5 Å². The Hall–Kier alpha value is -1.68. The van der Waals surface area contributed by atoms with Crippen LogP contribution in [0.15, 0.2) is 29.2 Å².